The third-order valence-corrected chi connectivity index (χ3v) is 13.1. The van der Waals surface area contributed by atoms with Gasteiger partial charge in [0, 0.05) is 34.3 Å². The van der Waals surface area contributed by atoms with Crippen LogP contribution in [-0.2, 0) is 11.8 Å². The Morgan fingerprint density at radius 3 is 1.75 bits per heavy atom. The van der Waals surface area contributed by atoms with Gasteiger partial charge in [-0.25, -0.2) is 0 Å². The average molecular weight is 780 g/mol. The van der Waals surface area contributed by atoms with Crippen LogP contribution in [0.1, 0.15) is 27.8 Å². The maximum Gasteiger partial charge on any atom is 0.131 e. The SMILES string of the molecule is c1ccc(-c2ccc(N(c3ccccc3)c3ccccc3-c3ccc4c(c3)C3(c5ccccc5-4)c4ccc5ccccc5c4CCOc4c3ccc3ccccc43)cc2)cc1. The van der Waals surface area contributed by atoms with Gasteiger partial charge in [-0.2, -0.15) is 0 Å². The van der Waals surface area contributed by atoms with Gasteiger partial charge in [-0.15, -0.1) is 0 Å². The standard InChI is InChI=1S/C59H41NO/c1-3-15-40(16-4-1)41-27-32-46(33-28-41)60(45-19-5-2-6-20-45)57-26-14-12-22-48(57)44-29-34-51-50-24-11-13-25-53(50)59(56(51)39-44)54-35-30-42-17-7-9-21-47(42)52(54)37-38-61-58-49-23-10-8-18-43(49)31-36-55(58)59/h1-36,39H,37-38H2. The molecule has 1 heterocycles. The van der Waals surface area contributed by atoms with E-state index >= 15 is 0 Å². The maximum absolute atomic E-state index is 7.06. The minimum absolute atomic E-state index is 0.599. The number of anilines is 3. The van der Waals surface area contributed by atoms with Gasteiger partial charge >= 0.3 is 0 Å². The van der Waals surface area contributed by atoms with Crippen molar-refractivity contribution in [2.24, 2.45) is 0 Å². The minimum atomic E-state index is -0.650. The molecule has 1 atom stereocenters. The molecule has 0 saturated heterocycles. The monoisotopic (exact) mass is 779 g/mol. The second-order valence-electron chi connectivity index (χ2n) is 16.2. The van der Waals surface area contributed by atoms with Crippen LogP contribution in [0.2, 0.25) is 0 Å². The summed E-state index contributed by atoms with van der Waals surface area (Å²) in [5.41, 5.74) is 16.3. The Kier molecular flexibility index (Phi) is 8.24. The van der Waals surface area contributed by atoms with Crippen molar-refractivity contribution in [3.8, 4) is 39.1 Å². The first-order valence-electron chi connectivity index (χ1n) is 21.3. The molecular weight excluding hydrogens is 739 g/mol. The highest BCUT2D eigenvalue weighted by Crippen LogP contribution is 2.61. The quantitative estimate of drug-likeness (QED) is 0.172. The van der Waals surface area contributed by atoms with E-state index in [1.807, 2.05) is 0 Å². The van der Waals surface area contributed by atoms with Gasteiger partial charge in [0.25, 0.3) is 0 Å². The molecule has 1 spiro atoms. The number of nitrogens with zero attached hydrogens (tertiary/aromatic N) is 1. The first-order chi connectivity index (χ1) is 30.3. The Morgan fingerprint density at radius 2 is 0.951 bits per heavy atom. The molecular formula is C59H41NO. The fourth-order valence-corrected chi connectivity index (χ4v) is 10.4. The van der Waals surface area contributed by atoms with Crippen molar-refractivity contribution in [1.82, 2.24) is 0 Å². The van der Waals surface area contributed by atoms with Crippen LogP contribution in [0.5, 0.6) is 5.75 Å². The van der Waals surface area contributed by atoms with Crippen LogP contribution in [0.4, 0.5) is 17.1 Å². The van der Waals surface area contributed by atoms with E-state index in [0.717, 1.165) is 45.7 Å². The van der Waals surface area contributed by atoms with Crippen LogP contribution in [0.3, 0.4) is 0 Å². The fraction of sp³-hybridized carbons (Fsp3) is 0.0508. The Hall–Kier alpha value is -7.68. The maximum atomic E-state index is 7.06. The Bertz CT molecular complexity index is 3190. The van der Waals surface area contributed by atoms with Crippen molar-refractivity contribution in [3.05, 3.63) is 252 Å². The Morgan fingerprint density at radius 1 is 0.377 bits per heavy atom. The number of benzene rings is 10. The summed E-state index contributed by atoms with van der Waals surface area (Å²) in [5, 5.41) is 4.87. The normalized spacial score (nSPS) is 15.0. The Balaban J connectivity index is 1.12. The zero-order valence-corrected chi connectivity index (χ0v) is 33.6. The van der Waals surface area contributed by atoms with Crippen LogP contribution >= 0.6 is 0 Å². The molecule has 0 bridgehead atoms. The number of ether oxygens (including phenoxy) is 1. The molecule has 2 aliphatic rings. The second kappa shape index (κ2) is 14.3. The van der Waals surface area contributed by atoms with Crippen molar-refractivity contribution in [2.45, 2.75) is 11.8 Å². The molecule has 0 aromatic heterocycles. The number of hydrogen-bond donors (Lipinski definition) is 0. The first kappa shape index (κ1) is 35.3. The molecule has 2 nitrogen and oxygen atoms in total. The highest BCUT2D eigenvalue weighted by atomic mass is 16.5. The van der Waals surface area contributed by atoms with Crippen molar-refractivity contribution < 1.29 is 4.74 Å². The lowest BCUT2D eigenvalue weighted by Gasteiger charge is -2.39. The summed E-state index contributed by atoms with van der Waals surface area (Å²) in [6.45, 7) is 0.599. The third-order valence-electron chi connectivity index (χ3n) is 13.1. The van der Waals surface area contributed by atoms with Gasteiger partial charge in [0.2, 0.25) is 0 Å². The van der Waals surface area contributed by atoms with E-state index in [0.29, 0.717) is 6.61 Å². The molecule has 1 aliphatic heterocycles. The zero-order chi connectivity index (χ0) is 40.3. The van der Waals surface area contributed by atoms with Crippen molar-refractivity contribution in [2.75, 3.05) is 11.5 Å². The summed E-state index contributed by atoms with van der Waals surface area (Å²) in [6.07, 6.45) is 0.802. The van der Waals surface area contributed by atoms with E-state index in [2.05, 4.69) is 229 Å². The van der Waals surface area contributed by atoms with E-state index in [1.165, 1.54) is 66.2 Å². The summed E-state index contributed by atoms with van der Waals surface area (Å²) in [5.74, 6) is 0.972. The van der Waals surface area contributed by atoms with E-state index in [1.54, 1.807) is 0 Å². The summed E-state index contributed by atoms with van der Waals surface area (Å²) in [7, 11) is 0. The summed E-state index contributed by atoms with van der Waals surface area (Å²) in [6, 6.07) is 82.4. The lowest BCUT2D eigenvalue weighted by Crippen LogP contribution is -2.32. The van der Waals surface area contributed by atoms with E-state index in [9.17, 15) is 0 Å². The molecule has 10 aromatic carbocycles. The lowest BCUT2D eigenvalue weighted by atomic mass is 9.64. The molecule has 0 radical (unpaired) electrons. The largest absolute Gasteiger partial charge is 0.492 e. The van der Waals surface area contributed by atoms with Gasteiger partial charge in [-0.1, -0.05) is 188 Å². The van der Waals surface area contributed by atoms with Crippen LogP contribution < -0.4 is 9.64 Å². The highest BCUT2D eigenvalue weighted by molar-refractivity contribution is 5.98. The van der Waals surface area contributed by atoms with Crippen molar-refractivity contribution in [3.63, 3.8) is 0 Å². The van der Waals surface area contributed by atoms with E-state index in [4.69, 9.17) is 4.74 Å². The van der Waals surface area contributed by atoms with Gasteiger partial charge in [0.05, 0.1) is 17.7 Å². The van der Waals surface area contributed by atoms with Crippen LogP contribution in [0, 0.1) is 0 Å². The minimum Gasteiger partial charge on any atom is -0.492 e. The van der Waals surface area contributed by atoms with Gasteiger partial charge in [0.15, 0.2) is 0 Å². The average Bonchev–Trinajstić information content (AvgIpc) is 3.62. The molecule has 1 unspecified atom stereocenters. The summed E-state index contributed by atoms with van der Waals surface area (Å²) in [4.78, 5) is 2.40. The van der Waals surface area contributed by atoms with Gasteiger partial charge in [0.1, 0.15) is 5.75 Å². The smallest absolute Gasteiger partial charge is 0.131 e. The van der Waals surface area contributed by atoms with Gasteiger partial charge in [-0.3, -0.25) is 0 Å². The van der Waals surface area contributed by atoms with E-state index in [-0.39, 0.29) is 0 Å². The predicted molar refractivity (Wildman–Crippen MR) is 254 cm³/mol. The number of rotatable bonds is 5. The molecule has 288 valence electrons. The Labute approximate surface area is 356 Å². The second-order valence-corrected chi connectivity index (χ2v) is 16.2. The number of fused-ring (bicyclic) bond motifs is 13. The van der Waals surface area contributed by atoms with Crippen LogP contribution in [0.15, 0.2) is 224 Å². The molecule has 1 aliphatic carbocycles. The third kappa shape index (κ3) is 5.49. The molecule has 61 heavy (non-hydrogen) atoms. The molecule has 0 N–H and O–H groups in total. The molecule has 2 heteroatoms. The fourth-order valence-electron chi connectivity index (χ4n) is 10.4. The molecule has 12 rings (SSSR count). The molecule has 0 fully saturated rings. The van der Waals surface area contributed by atoms with Gasteiger partial charge in [-0.05, 0) is 103 Å². The molecule has 10 aromatic rings. The highest BCUT2D eigenvalue weighted by Gasteiger charge is 2.50. The molecule has 0 saturated carbocycles. The lowest BCUT2D eigenvalue weighted by molar-refractivity contribution is 0.316. The topological polar surface area (TPSA) is 12.5 Å². The van der Waals surface area contributed by atoms with Crippen molar-refractivity contribution >= 4 is 38.6 Å². The van der Waals surface area contributed by atoms with E-state index < -0.39 is 5.41 Å². The summed E-state index contributed by atoms with van der Waals surface area (Å²) < 4.78 is 7.06. The zero-order valence-electron chi connectivity index (χ0n) is 33.6. The van der Waals surface area contributed by atoms with Crippen LogP contribution in [-0.4, -0.2) is 6.61 Å². The number of para-hydroxylation sites is 2. The first-order valence-corrected chi connectivity index (χ1v) is 21.3. The predicted octanol–water partition coefficient (Wildman–Crippen LogP) is 15.1. The van der Waals surface area contributed by atoms with Gasteiger partial charge < -0.3 is 9.64 Å². The summed E-state index contributed by atoms with van der Waals surface area (Å²) >= 11 is 0. The van der Waals surface area contributed by atoms with Crippen LogP contribution in [0.25, 0.3) is 54.9 Å². The van der Waals surface area contributed by atoms with Crippen molar-refractivity contribution in [1.29, 1.82) is 0 Å². The number of hydrogen-bond acceptors (Lipinski definition) is 2. The molecule has 0 amide bonds.